The van der Waals surface area contributed by atoms with Crippen molar-refractivity contribution in [2.45, 2.75) is 28.4 Å². The topological polar surface area (TPSA) is 96.8 Å². The molecule has 1 aliphatic heterocycles. The van der Waals surface area contributed by atoms with Gasteiger partial charge in [-0.25, -0.2) is 19.1 Å². The molecular formula is C18H12ClF3N2O5S. The van der Waals surface area contributed by atoms with Gasteiger partial charge in [-0.2, -0.15) is 8.78 Å². The summed E-state index contributed by atoms with van der Waals surface area (Å²) in [6, 6.07) is 7.19. The van der Waals surface area contributed by atoms with Crippen LogP contribution in [0.4, 0.5) is 18.9 Å². The molecule has 0 saturated carbocycles. The van der Waals surface area contributed by atoms with Crippen LogP contribution in [-0.4, -0.2) is 44.9 Å². The van der Waals surface area contributed by atoms with Gasteiger partial charge in [0, 0.05) is 12.6 Å². The smallest absolute Gasteiger partial charge is 0.444 e. The van der Waals surface area contributed by atoms with E-state index >= 15 is 0 Å². The zero-order valence-corrected chi connectivity index (χ0v) is 16.4. The van der Waals surface area contributed by atoms with Gasteiger partial charge in [-0.3, -0.25) is 9.59 Å². The maximum absolute atomic E-state index is 13.2. The zero-order valence-electron chi connectivity index (χ0n) is 14.8. The Hall–Kier alpha value is -2.79. The van der Waals surface area contributed by atoms with E-state index in [1.54, 1.807) is 0 Å². The van der Waals surface area contributed by atoms with Crippen molar-refractivity contribution in [1.82, 2.24) is 4.98 Å². The molecule has 7 nitrogen and oxygen atoms in total. The van der Waals surface area contributed by atoms with Crippen LogP contribution in [0.2, 0.25) is 0 Å². The number of halogens is 4. The Labute approximate surface area is 176 Å². The van der Waals surface area contributed by atoms with E-state index in [9.17, 15) is 32.7 Å². The number of alkyl halides is 4. The van der Waals surface area contributed by atoms with Gasteiger partial charge in [0.05, 0.1) is 16.5 Å². The fourth-order valence-corrected chi connectivity index (χ4v) is 3.76. The van der Waals surface area contributed by atoms with Crippen molar-refractivity contribution < 1.29 is 37.4 Å². The number of anilines is 1. The summed E-state index contributed by atoms with van der Waals surface area (Å²) >= 11 is 5.57. The van der Waals surface area contributed by atoms with Gasteiger partial charge >= 0.3 is 12.1 Å². The van der Waals surface area contributed by atoms with Crippen LogP contribution in [0.25, 0.3) is 0 Å². The normalized spacial score (nSPS) is 17.9. The molecule has 0 spiro atoms. The minimum atomic E-state index is -4.26. The third-order valence-electron chi connectivity index (χ3n) is 3.96. The lowest BCUT2D eigenvalue weighted by atomic mass is 10.3. The highest BCUT2D eigenvalue weighted by Gasteiger charge is 2.43. The van der Waals surface area contributed by atoms with Crippen molar-refractivity contribution >= 4 is 46.8 Å². The molecule has 0 radical (unpaired) electrons. The predicted molar refractivity (Wildman–Crippen MR) is 101 cm³/mol. The molecule has 1 aliphatic rings. The summed E-state index contributed by atoms with van der Waals surface area (Å²) in [6.07, 6.45) is -3.09. The first kappa shape index (κ1) is 21.9. The summed E-state index contributed by atoms with van der Waals surface area (Å²) in [5.74, 6) is -2.82. The monoisotopic (exact) mass is 460 g/mol. The van der Waals surface area contributed by atoms with Crippen LogP contribution in [0.3, 0.4) is 0 Å². The third kappa shape index (κ3) is 4.51. The van der Waals surface area contributed by atoms with Crippen molar-refractivity contribution in [2.24, 2.45) is 0 Å². The number of hydrogen-bond donors (Lipinski definition) is 1. The number of pyridine rings is 1. The summed E-state index contributed by atoms with van der Waals surface area (Å²) in [5, 5.41) is 8.40. The minimum Gasteiger partial charge on any atom is -0.478 e. The highest BCUT2D eigenvalue weighted by molar-refractivity contribution is 8.00. The molecule has 3 rings (SSSR count). The largest absolute Gasteiger partial charge is 0.478 e. The van der Waals surface area contributed by atoms with Gasteiger partial charge < -0.3 is 9.84 Å². The van der Waals surface area contributed by atoms with Crippen LogP contribution in [0.15, 0.2) is 47.6 Å². The average molecular weight is 461 g/mol. The van der Waals surface area contributed by atoms with E-state index in [0.717, 1.165) is 28.8 Å². The van der Waals surface area contributed by atoms with E-state index in [2.05, 4.69) is 9.72 Å². The summed E-state index contributed by atoms with van der Waals surface area (Å²) in [7, 11) is 0. The molecule has 1 fully saturated rings. The SMILES string of the molecule is O=C(O)c1cccnc1S[C@H]1CC(=O)N(c2ccc(OC(F)(F)[C@H](F)Cl)cc2)C1=O. The highest BCUT2D eigenvalue weighted by Crippen LogP contribution is 2.35. The molecule has 2 heterocycles. The van der Waals surface area contributed by atoms with E-state index in [1.807, 2.05) is 0 Å². The molecule has 1 aromatic heterocycles. The van der Waals surface area contributed by atoms with Crippen LogP contribution in [0.1, 0.15) is 16.8 Å². The van der Waals surface area contributed by atoms with Crippen LogP contribution >= 0.6 is 23.4 Å². The molecule has 0 aliphatic carbocycles. The second-order valence-electron chi connectivity index (χ2n) is 6.00. The average Bonchev–Trinajstić information content (AvgIpc) is 2.95. The lowest BCUT2D eigenvalue weighted by molar-refractivity contribution is -0.199. The zero-order chi connectivity index (χ0) is 22.1. The molecule has 1 saturated heterocycles. The molecule has 12 heteroatoms. The quantitative estimate of drug-likeness (QED) is 0.497. The number of carbonyl (C=O) groups is 3. The maximum Gasteiger partial charge on any atom is 0.444 e. The van der Waals surface area contributed by atoms with Gasteiger partial charge in [-0.1, -0.05) is 23.4 Å². The number of nitrogens with zero attached hydrogens (tertiary/aromatic N) is 2. The Morgan fingerprint density at radius 2 is 1.97 bits per heavy atom. The Morgan fingerprint density at radius 3 is 2.57 bits per heavy atom. The molecule has 0 bridgehead atoms. The molecule has 2 aromatic rings. The summed E-state index contributed by atoms with van der Waals surface area (Å²) in [4.78, 5) is 41.1. The number of carbonyl (C=O) groups excluding carboxylic acids is 2. The lowest BCUT2D eigenvalue weighted by Gasteiger charge is -2.19. The number of hydrogen-bond acceptors (Lipinski definition) is 6. The number of carboxylic acids is 1. The van der Waals surface area contributed by atoms with Gasteiger partial charge in [-0.15, -0.1) is 0 Å². The number of ether oxygens (including phenoxy) is 1. The number of aromatic nitrogens is 1. The van der Waals surface area contributed by atoms with Crippen LogP contribution in [0.5, 0.6) is 5.75 Å². The molecule has 1 aromatic carbocycles. The van der Waals surface area contributed by atoms with E-state index in [-0.39, 0.29) is 22.7 Å². The molecule has 158 valence electrons. The van der Waals surface area contributed by atoms with Crippen molar-refractivity contribution in [3.63, 3.8) is 0 Å². The minimum absolute atomic E-state index is 0.0887. The number of thioether (sulfide) groups is 1. The van der Waals surface area contributed by atoms with Crippen molar-refractivity contribution in [3.05, 3.63) is 48.2 Å². The van der Waals surface area contributed by atoms with Gasteiger partial charge in [0.25, 0.3) is 5.63 Å². The van der Waals surface area contributed by atoms with Crippen molar-refractivity contribution in [1.29, 1.82) is 0 Å². The molecule has 30 heavy (non-hydrogen) atoms. The summed E-state index contributed by atoms with van der Waals surface area (Å²) in [6.45, 7) is 0. The number of carboxylic acid groups (broad SMARTS) is 1. The molecule has 2 atom stereocenters. The number of rotatable bonds is 7. The van der Waals surface area contributed by atoms with Gasteiger partial charge in [-0.05, 0) is 36.4 Å². The van der Waals surface area contributed by atoms with Crippen molar-refractivity contribution in [3.8, 4) is 5.75 Å². The fraction of sp³-hybridized carbons (Fsp3) is 0.222. The first-order chi connectivity index (χ1) is 14.1. The predicted octanol–water partition coefficient (Wildman–Crippen LogP) is 3.71. The highest BCUT2D eigenvalue weighted by atomic mass is 35.5. The fourth-order valence-electron chi connectivity index (χ4n) is 2.61. The van der Waals surface area contributed by atoms with Gasteiger partial charge in [0.2, 0.25) is 11.8 Å². The van der Waals surface area contributed by atoms with E-state index in [0.29, 0.717) is 0 Å². The Bertz CT molecular complexity index is 990. The number of aromatic carboxylic acids is 1. The molecule has 1 N–H and O–H groups in total. The van der Waals surface area contributed by atoms with E-state index in [4.69, 9.17) is 11.6 Å². The standard InChI is InChI=1S/C18H12ClF3N2O5S/c19-17(20)18(21,22)29-10-5-3-9(4-6-10)24-13(25)8-12(15(24)26)30-14-11(16(27)28)2-1-7-23-14/h1-7,12,17H,8H2,(H,27,28)/t12-,17-/m0/s1. The Balaban J connectivity index is 1.76. The third-order valence-corrected chi connectivity index (χ3v) is 5.42. The lowest BCUT2D eigenvalue weighted by Crippen LogP contribution is -2.33. The molecule has 0 unspecified atom stereocenters. The molecular weight excluding hydrogens is 449 g/mol. The summed E-state index contributed by atoms with van der Waals surface area (Å²) < 4.78 is 43.2. The van der Waals surface area contributed by atoms with E-state index in [1.165, 1.54) is 30.5 Å². The van der Waals surface area contributed by atoms with E-state index < -0.39 is 40.5 Å². The van der Waals surface area contributed by atoms with Crippen LogP contribution in [-0.2, 0) is 9.59 Å². The number of benzene rings is 1. The maximum atomic E-state index is 13.2. The number of amides is 2. The van der Waals surface area contributed by atoms with Gasteiger partial charge in [0.1, 0.15) is 10.8 Å². The first-order valence-corrected chi connectivity index (χ1v) is 9.58. The Kier molecular flexibility index (Phi) is 6.22. The van der Waals surface area contributed by atoms with Crippen molar-refractivity contribution in [2.75, 3.05) is 4.90 Å². The Morgan fingerprint density at radius 1 is 1.30 bits per heavy atom. The summed E-state index contributed by atoms with van der Waals surface area (Å²) in [5.41, 5.74) is -3.07. The second kappa shape index (κ2) is 8.52. The first-order valence-electron chi connectivity index (χ1n) is 8.27. The van der Waals surface area contributed by atoms with Crippen LogP contribution < -0.4 is 9.64 Å². The second-order valence-corrected chi connectivity index (χ2v) is 7.57. The molecule has 2 amide bonds. The van der Waals surface area contributed by atoms with Gasteiger partial charge in [0.15, 0.2) is 0 Å². The number of imide groups is 1. The van der Waals surface area contributed by atoms with Crippen LogP contribution in [0, 0.1) is 0 Å².